The second-order valence-corrected chi connectivity index (χ2v) is 9.16. The van der Waals surface area contributed by atoms with Gasteiger partial charge in [0.2, 0.25) is 15.9 Å². The van der Waals surface area contributed by atoms with Crippen LogP contribution in [0.5, 0.6) is 5.75 Å². The number of hydrogen-bond acceptors (Lipinski definition) is 4. The van der Waals surface area contributed by atoms with Gasteiger partial charge in [-0.1, -0.05) is 20.3 Å². The standard InChI is InChI=1S/C19H28N2O4S/c1-4-21(5-2)26(23,24)15-8-9-18(25-3)17(12-15)20-19(22)16-11-13-6-7-14(16)10-13/h8-9,12-14,16H,4-7,10-11H2,1-3H3,(H,20,22). The van der Waals surface area contributed by atoms with Crippen LogP contribution < -0.4 is 10.1 Å². The third-order valence-corrected chi connectivity index (χ3v) is 7.89. The Morgan fingerprint density at radius 1 is 1.23 bits per heavy atom. The summed E-state index contributed by atoms with van der Waals surface area (Å²) in [5, 5.41) is 2.93. The van der Waals surface area contributed by atoms with Gasteiger partial charge in [-0.2, -0.15) is 4.31 Å². The number of anilines is 1. The number of ether oxygens (including phenoxy) is 1. The van der Waals surface area contributed by atoms with Gasteiger partial charge in [-0.25, -0.2) is 8.42 Å². The van der Waals surface area contributed by atoms with Gasteiger partial charge in [0.15, 0.2) is 0 Å². The lowest BCUT2D eigenvalue weighted by Crippen LogP contribution is -2.31. The molecule has 7 heteroatoms. The van der Waals surface area contributed by atoms with E-state index < -0.39 is 10.0 Å². The largest absolute Gasteiger partial charge is 0.495 e. The maximum absolute atomic E-state index is 12.8. The Bertz CT molecular complexity index is 774. The Balaban J connectivity index is 1.85. The molecular formula is C19H28N2O4S. The van der Waals surface area contributed by atoms with E-state index in [4.69, 9.17) is 4.74 Å². The highest BCUT2D eigenvalue weighted by Gasteiger charge is 2.43. The van der Waals surface area contributed by atoms with Gasteiger partial charge >= 0.3 is 0 Å². The summed E-state index contributed by atoms with van der Waals surface area (Å²) in [4.78, 5) is 12.9. The molecule has 2 fully saturated rings. The van der Waals surface area contributed by atoms with E-state index in [0.29, 0.717) is 36.4 Å². The van der Waals surface area contributed by atoms with E-state index in [1.165, 1.54) is 30.0 Å². The molecule has 6 nitrogen and oxygen atoms in total. The van der Waals surface area contributed by atoms with E-state index in [0.717, 1.165) is 19.3 Å². The molecule has 0 aliphatic heterocycles. The van der Waals surface area contributed by atoms with Crippen molar-refractivity contribution in [3.63, 3.8) is 0 Å². The lowest BCUT2D eigenvalue weighted by Gasteiger charge is -2.22. The lowest BCUT2D eigenvalue weighted by molar-refractivity contribution is -0.121. The van der Waals surface area contributed by atoms with E-state index in [9.17, 15) is 13.2 Å². The fourth-order valence-electron chi connectivity index (χ4n) is 4.45. The van der Waals surface area contributed by atoms with E-state index in [2.05, 4.69) is 5.32 Å². The van der Waals surface area contributed by atoms with Gasteiger partial charge in [-0.05, 0) is 49.3 Å². The fraction of sp³-hybridized carbons (Fsp3) is 0.632. The summed E-state index contributed by atoms with van der Waals surface area (Å²) in [5.41, 5.74) is 0.425. The molecule has 3 unspecified atom stereocenters. The first-order valence-electron chi connectivity index (χ1n) is 9.39. The number of sulfonamides is 1. The highest BCUT2D eigenvalue weighted by Crippen LogP contribution is 2.48. The number of carbonyl (C=O) groups is 1. The van der Waals surface area contributed by atoms with Gasteiger partial charge in [-0.15, -0.1) is 0 Å². The van der Waals surface area contributed by atoms with Gasteiger partial charge in [-0.3, -0.25) is 4.79 Å². The number of fused-ring (bicyclic) bond motifs is 2. The van der Waals surface area contributed by atoms with Crippen LogP contribution in [0, 0.1) is 17.8 Å². The molecule has 3 rings (SSSR count). The smallest absolute Gasteiger partial charge is 0.243 e. The van der Waals surface area contributed by atoms with Crippen molar-refractivity contribution >= 4 is 21.6 Å². The van der Waals surface area contributed by atoms with Crippen LogP contribution in [0.3, 0.4) is 0 Å². The van der Waals surface area contributed by atoms with E-state index in [1.54, 1.807) is 6.07 Å². The topological polar surface area (TPSA) is 75.7 Å². The maximum atomic E-state index is 12.8. The molecule has 2 aliphatic carbocycles. The van der Waals surface area contributed by atoms with Crippen LogP contribution in [0.2, 0.25) is 0 Å². The molecule has 1 amide bonds. The summed E-state index contributed by atoms with van der Waals surface area (Å²) in [6.45, 7) is 4.42. The van der Waals surface area contributed by atoms with Crippen molar-refractivity contribution in [1.82, 2.24) is 4.31 Å². The first-order valence-corrected chi connectivity index (χ1v) is 10.8. The normalized spacial score (nSPS) is 24.8. The third kappa shape index (κ3) is 3.47. The molecule has 0 aromatic heterocycles. The molecule has 0 saturated heterocycles. The zero-order valence-corrected chi connectivity index (χ0v) is 16.5. The quantitative estimate of drug-likeness (QED) is 0.789. The van der Waals surface area contributed by atoms with Crippen molar-refractivity contribution < 1.29 is 17.9 Å². The highest BCUT2D eigenvalue weighted by atomic mass is 32.2. The minimum absolute atomic E-state index is 0.0205. The van der Waals surface area contributed by atoms with Crippen LogP contribution in [-0.2, 0) is 14.8 Å². The Labute approximate surface area is 156 Å². The van der Waals surface area contributed by atoms with Crippen molar-refractivity contribution in [3.8, 4) is 5.75 Å². The van der Waals surface area contributed by atoms with E-state index >= 15 is 0 Å². The minimum atomic E-state index is -3.59. The number of hydrogen-bond donors (Lipinski definition) is 1. The number of amides is 1. The molecule has 1 aromatic rings. The minimum Gasteiger partial charge on any atom is -0.495 e. The molecule has 2 bridgehead atoms. The molecule has 3 atom stereocenters. The van der Waals surface area contributed by atoms with Crippen molar-refractivity contribution in [2.45, 2.75) is 44.4 Å². The molecule has 1 aromatic carbocycles. The van der Waals surface area contributed by atoms with Crippen LogP contribution in [0.1, 0.15) is 39.5 Å². The summed E-state index contributed by atoms with van der Waals surface area (Å²) in [6, 6.07) is 4.64. The molecule has 26 heavy (non-hydrogen) atoms. The Kier molecular flexibility index (Phi) is 5.58. The van der Waals surface area contributed by atoms with Gasteiger partial charge < -0.3 is 10.1 Å². The maximum Gasteiger partial charge on any atom is 0.243 e. The van der Waals surface area contributed by atoms with Crippen LogP contribution in [-0.4, -0.2) is 38.8 Å². The summed E-state index contributed by atoms with van der Waals surface area (Å²) in [7, 11) is -2.07. The number of methoxy groups -OCH3 is 1. The molecular weight excluding hydrogens is 352 g/mol. The summed E-state index contributed by atoms with van der Waals surface area (Å²) in [6.07, 6.45) is 4.44. The van der Waals surface area contributed by atoms with Crippen LogP contribution in [0.4, 0.5) is 5.69 Å². The third-order valence-electron chi connectivity index (χ3n) is 5.85. The monoisotopic (exact) mass is 380 g/mol. The van der Waals surface area contributed by atoms with Crippen LogP contribution >= 0.6 is 0 Å². The average Bonchev–Trinajstić information content (AvgIpc) is 3.25. The second kappa shape index (κ2) is 7.56. The molecule has 1 N–H and O–H groups in total. The first kappa shape index (κ1) is 19.2. The number of benzene rings is 1. The van der Waals surface area contributed by atoms with Crippen LogP contribution in [0.25, 0.3) is 0 Å². The van der Waals surface area contributed by atoms with Crippen molar-refractivity contribution in [1.29, 1.82) is 0 Å². The first-order chi connectivity index (χ1) is 12.4. The van der Waals surface area contributed by atoms with Crippen LogP contribution in [0.15, 0.2) is 23.1 Å². The Morgan fingerprint density at radius 2 is 1.96 bits per heavy atom. The lowest BCUT2D eigenvalue weighted by atomic mass is 9.88. The zero-order valence-electron chi connectivity index (χ0n) is 15.7. The molecule has 2 aliphatic rings. The SMILES string of the molecule is CCN(CC)S(=O)(=O)c1ccc(OC)c(NC(=O)C2CC3CCC2C3)c1. The summed E-state index contributed by atoms with van der Waals surface area (Å²) in [5.74, 6) is 1.62. The molecule has 0 radical (unpaired) electrons. The number of nitrogens with one attached hydrogen (secondary N) is 1. The van der Waals surface area contributed by atoms with Gasteiger partial charge in [0.1, 0.15) is 5.75 Å². The van der Waals surface area contributed by atoms with Gasteiger partial charge in [0.05, 0.1) is 17.7 Å². The molecule has 0 heterocycles. The van der Waals surface area contributed by atoms with Crippen molar-refractivity contribution in [2.24, 2.45) is 17.8 Å². The molecule has 0 spiro atoms. The Hall–Kier alpha value is -1.60. The summed E-state index contributed by atoms with van der Waals surface area (Å²) >= 11 is 0. The van der Waals surface area contributed by atoms with Gasteiger partial charge in [0, 0.05) is 19.0 Å². The predicted octanol–water partition coefficient (Wildman–Crippen LogP) is 3.10. The Morgan fingerprint density at radius 3 is 2.50 bits per heavy atom. The van der Waals surface area contributed by atoms with E-state index in [1.807, 2.05) is 13.8 Å². The molecule has 2 saturated carbocycles. The van der Waals surface area contributed by atoms with Crippen molar-refractivity contribution in [3.05, 3.63) is 18.2 Å². The number of nitrogens with zero attached hydrogens (tertiary/aromatic N) is 1. The fourth-order valence-corrected chi connectivity index (χ4v) is 5.93. The number of carbonyl (C=O) groups excluding carboxylic acids is 1. The highest BCUT2D eigenvalue weighted by molar-refractivity contribution is 7.89. The average molecular weight is 381 g/mol. The molecule has 144 valence electrons. The second-order valence-electron chi connectivity index (χ2n) is 7.22. The summed E-state index contributed by atoms with van der Waals surface area (Å²) < 4.78 is 32.3. The van der Waals surface area contributed by atoms with E-state index in [-0.39, 0.29) is 16.7 Å². The number of rotatable bonds is 7. The predicted molar refractivity (Wildman–Crippen MR) is 101 cm³/mol. The van der Waals surface area contributed by atoms with Gasteiger partial charge in [0.25, 0.3) is 0 Å². The van der Waals surface area contributed by atoms with Crippen molar-refractivity contribution in [2.75, 3.05) is 25.5 Å². The zero-order chi connectivity index (χ0) is 18.9.